The van der Waals surface area contributed by atoms with E-state index in [0.717, 1.165) is 9.58 Å². The van der Waals surface area contributed by atoms with Gasteiger partial charge in [0.2, 0.25) is 5.82 Å². The van der Waals surface area contributed by atoms with E-state index >= 15 is 0 Å². The SMILES string of the molecule is CSc1cccc(NC(=O)c2nn(-c3ccccc3)c(=O)[nH]2)c1. The van der Waals surface area contributed by atoms with Gasteiger partial charge < -0.3 is 5.32 Å². The van der Waals surface area contributed by atoms with Crippen molar-refractivity contribution in [2.45, 2.75) is 4.90 Å². The Morgan fingerprint density at radius 1 is 1.17 bits per heavy atom. The summed E-state index contributed by atoms with van der Waals surface area (Å²) in [5.41, 5.74) is 0.786. The number of nitrogens with one attached hydrogen (secondary N) is 2. The number of hydrogen-bond donors (Lipinski definition) is 2. The van der Waals surface area contributed by atoms with Crippen LogP contribution in [-0.2, 0) is 0 Å². The van der Waals surface area contributed by atoms with E-state index < -0.39 is 11.6 Å². The molecule has 3 rings (SSSR count). The highest BCUT2D eigenvalue weighted by molar-refractivity contribution is 7.98. The average molecular weight is 326 g/mol. The zero-order valence-corrected chi connectivity index (χ0v) is 13.1. The van der Waals surface area contributed by atoms with Crippen LogP contribution in [0.15, 0.2) is 64.3 Å². The van der Waals surface area contributed by atoms with E-state index in [1.807, 2.05) is 30.5 Å². The first-order chi connectivity index (χ1) is 11.2. The molecule has 0 radical (unpaired) electrons. The molecule has 0 saturated heterocycles. The minimum atomic E-state index is -0.463. The van der Waals surface area contributed by atoms with E-state index in [9.17, 15) is 9.59 Å². The first-order valence-electron chi connectivity index (χ1n) is 6.87. The molecule has 0 saturated carbocycles. The van der Waals surface area contributed by atoms with Crippen molar-refractivity contribution in [1.82, 2.24) is 14.8 Å². The van der Waals surface area contributed by atoms with Crippen LogP contribution in [0.4, 0.5) is 5.69 Å². The van der Waals surface area contributed by atoms with E-state index in [-0.39, 0.29) is 5.82 Å². The highest BCUT2D eigenvalue weighted by Crippen LogP contribution is 2.19. The number of aromatic amines is 1. The lowest BCUT2D eigenvalue weighted by molar-refractivity contribution is 0.101. The maximum absolute atomic E-state index is 12.2. The van der Waals surface area contributed by atoms with Crippen LogP contribution in [0, 0.1) is 0 Å². The van der Waals surface area contributed by atoms with Crippen LogP contribution in [0.1, 0.15) is 10.6 Å². The molecule has 7 heteroatoms. The van der Waals surface area contributed by atoms with Crippen molar-refractivity contribution in [3.8, 4) is 5.69 Å². The van der Waals surface area contributed by atoms with Crippen LogP contribution < -0.4 is 11.0 Å². The second-order valence-corrected chi connectivity index (χ2v) is 5.59. The zero-order valence-electron chi connectivity index (χ0n) is 12.3. The third-order valence-electron chi connectivity index (χ3n) is 3.16. The number of nitrogens with zero attached hydrogens (tertiary/aromatic N) is 2. The van der Waals surface area contributed by atoms with E-state index in [2.05, 4.69) is 15.4 Å². The zero-order chi connectivity index (χ0) is 16.2. The lowest BCUT2D eigenvalue weighted by Crippen LogP contribution is -2.15. The Kier molecular flexibility index (Phi) is 4.29. The Morgan fingerprint density at radius 3 is 2.70 bits per heavy atom. The predicted octanol–water partition coefficient (Wildman–Crippen LogP) is 2.53. The highest BCUT2D eigenvalue weighted by Gasteiger charge is 2.14. The van der Waals surface area contributed by atoms with Gasteiger partial charge in [0.15, 0.2) is 0 Å². The fourth-order valence-electron chi connectivity index (χ4n) is 2.06. The number of hydrogen-bond acceptors (Lipinski definition) is 4. The molecule has 3 aromatic rings. The summed E-state index contributed by atoms with van der Waals surface area (Å²) in [6.07, 6.45) is 1.96. The van der Waals surface area contributed by atoms with E-state index in [1.165, 1.54) is 0 Å². The lowest BCUT2D eigenvalue weighted by atomic mass is 10.3. The summed E-state index contributed by atoms with van der Waals surface area (Å²) in [5.74, 6) is -0.497. The van der Waals surface area contributed by atoms with E-state index in [4.69, 9.17) is 0 Å². The molecular formula is C16H14N4O2S. The fraction of sp³-hybridized carbons (Fsp3) is 0.0625. The molecule has 0 atom stereocenters. The summed E-state index contributed by atoms with van der Waals surface area (Å²) in [6.45, 7) is 0. The third kappa shape index (κ3) is 3.35. The number of benzene rings is 2. The molecule has 0 spiro atoms. The van der Waals surface area contributed by atoms with Crippen LogP contribution in [0.2, 0.25) is 0 Å². The van der Waals surface area contributed by atoms with Crippen LogP contribution in [0.25, 0.3) is 5.69 Å². The van der Waals surface area contributed by atoms with Gasteiger partial charge in [-0.3, -0.25) is 9.78 Å². The van der Waals surface area contributed by atoms with Gasteiger partial charge in [0.05, 0.1) is 5.69 Å². The monoisotopic (exact) mass is 326 g/mol. The molecule has 0 unspecified atom stereocenters. The van der Waals surface area contributed by atoms with Gasteiger partial charge in [-0.15, -0.1) is 16.9 Å². The van der Waals surface area contributed by atoms with Gasteiger partial charge >= 0.3 is 5.69 Å². The Labute approximate surface area is 136 Å². The van der Waals surface area contributed by atoms with Crippen molar-refractivity contribution < 1.29 is 4.79 Å². The molecule has 0 fully saturated rings. The van der Waals surface area contributed by atoms with Crippen LogP contribution in [0.5, 0.6) is 0 Å². The van der Waals surface area contributed by atoms with E-state index in [0.29, 0.717) is 11.4 Å². The molecule has 0 aliphatic carbocycles. The number of carbonyl (C=O) groups is 1. The van der Waals surface area contributed by atoms with Crippen molar-refractivity contribution in [1.29, 1.82) is 0 Å². The van der Waals surface area contributed by atoms with Crippen LogP contribution in [0.3, 0.4) is 0 Å². The first-order valence-corrected chi connectivity index (χ1v) is 8.10. The molecule has 1 amide bonds. The molecule has 6 nitrogen and oxygen atoms in total. The van der Waals surface area contributed by atoms with Gasteiger partial charge in [-0.2, -0.15) is 4.68 Å². The summed E-state index contributed by atoms with van der Waals surface area (Å²) >= 11 is 1.58. The Balaban J connectivity index is 1.85. The summed E-state index contributed by atoms with van der Waals surface area (Å²) in [5, 5.41) is 6.78. The number of rotatable bonds is 4. The number of aromatic nitrogens is 3. The van der Waals surface area contributed by atoms with Crippen molar-refractivity contribution in [2.24, 2.45) is 0 Å². The Bertz CT molecular complexity index is 886. The fourth-order valence-corrected chi connectivity index (χ4v) is 2.52. The van der Waals surface area contributed by atoms with Gasteiger partial charge in [-0.1, -0.05) is 24.3 Å². The van der Waals surface area contributed by atoms with Crippen molar-refractivity contribution in [3.05, 3.63) is 70.9 Å². The molecule has 116 valence electrons. The van der Waals surface area contributed by atoms with Crippen molar-refractivity contribution in [3.63, 3.8) is 0 Å². The van der Waals surface area contributed by atoms with E-state index in [1.54, 1.807) is 42.1 Å². The number of thioether (sulfide) groups is 1. The summed E-state index contributed by atoms with van der Waals surface area (Å²) < 4.78 is 1.16. The molecule has 0 bridgehead atoms. The molecule has 1 aromatic heterocycles. The Morgan fingerprint density at radius 2 is 1.96 bits per heavy atom. The second kappa shape index (κ2) is 6.53. The third-order valence-corrected chi connectivity index (χ3v) is 3.89. The molecule has 0 aliphatic heterocycles. The number of H-pyrrole nitrogens is 1. The molecule has 0 aliphatic rings. The first kappa shape index (κ1) is 15.1. The normalized spacial score (nSPS) is 10.5. The van der Waals surface area contributed by atoms with Gasteiger partial charge in [0.1, 0.15) is 0 Å². The second-order valence-electron chi connectivity index (χ2n) is 4.71. The maximum atomic E-state index is 12.2. The quantitative estimate of drug-likeness (QED) is 0.722. The number of carbonyl (C=O) groups excluding carboxylic acids is 1. The summed E-state index contributed by atoms with van der Waals surface area (Å²) in [7, 11) is 0. The largest absolute Gasteiger partial charge is 0.348 e. The predicted molar refractivity (Wildman–Crippen MR) is 90.4 cm³/mol. The molecule has 2 N–H and O–H groups in total. The summed E-state index contributed by atoms with van der Waals surface area (Å²) in [6, 6.07) is 16.4. The standard InChI is InChI=1S/C16H14N4O2S/c1-23-13-9-5-6-11(10-13)17-15(21)14-18-16(22)20(19-14)12-7-3-2-4-8-12/h2-10H,1H3,(H,17,21)(H,18,19,22). The minimum Gasteiger partial charge on any atom is -0.319 e. The number of anilines is 1. The molecular weight excluding hydrogens is 312 g/mol. The number of amides is 1. The van der Waals surface area contributed by atoms with Gasteiger partial charge in [0.25, 0.3) is 5.91 Å². The molecule has 23 heavy (non-hydrogen) atoms. The van der Waals surface area contributed by atoms with Crippen molar-refractivity contribution >= 4 is 23.4 Å². The smallest absolute Gasteiger partial charge is 0.319 e. The number of para-hydroxylation sites is 1. The topological polar surface area (TPSA) is 79.8 Å². The van der Waals surface area contributed by atoms with Gasteiger partial charge in [-0.25, -0.2) is 4.79 Å². The highest BCUT2D eigenvalue weighted by atomic mass is 32.2. The minimum absolute atomic E-state index is 0.0339. The summed E-state index contributed by atoms with van der Waals surface area (Å²) in [4.78, 5) is 27.7. The maximum Gasteiger partial charge on any atom is 0.348 e. The average Bonchev–Trinajstić information content (AvgIpc) is 2.98. The molecule has 1 heterocycles. The van der Waals surface area contributed by atoms with Gasteiger partial charge in [-0.05, 0) is 36.6 Å². The van der Waals surface area contributed by atoms with Crippen molar-refractivity contribution in [2.75, 3.05) is 11.6 Å². The lowest BCUT2D eigenvalue weighted by Gasteiger charge is -2.04. The van der Waals surface area contributed by atoms with Crippen LogP contribution in [-0.4, -0.2) is 26.9 Å². The Hall–Kier alpha value is -2.80. The van der Waals surface area contributed by atoms with Crippen LogP contribution >= 0.6 is 11.8 Å². The van der Waals surface area contributed by atoms with Gasteiger partial charge in [0, 0.05) is 10.6 Å². The molecule has 2 aromatic carbocycles.